The zero-order chi connectivity index (χ0) is 16.5. The zero-order valence-electron chi connectivity index (χ0n) is 14.5. The van der Waals surface area contributed by atoms with Crippen LogP contribution in [0.5, 0.6) is 0 Å². The molecule has 1 aliphatic heterocycles. The van der Waals surface area contributed by atoms with E-state index in [0.717, 1.165) is 57.8 Å². The average molecular weight is 318 g/mol. The fraction of sp³-hybridized carbons (Fsp3) is 0.632. The standard InChI is InChI=1S/C19H30N2O2/c1-16(2)14-17-4-6-18(7-5-17)15-19(22)20-8-3-9-21-10-12-23-13-11-21/h4-7,16H,3,8-15H2,1-2H3,(H,20,22). The van der Waals surface area contributed by atoms with Gasteiger partial charge in [0.2, 0.25) is 5.91 Å². The first-order valence-corrected chi connectivity index (χ1v) is 8.78. The Kier molecular flexibility index (Phi) is 7.56. The molecule has 1 aliphatic rings. The Morgan fingerprint density at radius 2 is 1.83 bits per heavy atom. The van der Waals surface area contributed by atoms with Crippen LogP contribution in [0.2, 0.25) is 0 Å². The first-order valence-electron chi connectivity index (χ1n) is 8.78. The van der Waals surface area contributed by atoms with E-state index in [0.29, 0.717) is 12.3 Å². The van der Waals surface area contributed by atoms with Crippen molar-refractivity contribution in [1.29, 1.82) is 0 Å². The van der Waals surface area contributed by atoms with Gasteiger partial charge in [0.1, 0.15) is 0 Å². The molecule has 1 N–H and O–H groups in total. The summed E-state index contributed by atoms with van der Waals surface area (Å²) in [6.07, 6.45) is 2.56. The number of nitrogens with zero attached hydrogens (tertiary/aromatic N) is 1. The molecule has 23 heavy (non-hydrogen) atoms. The maximum Gasteiger partial charge on any atom is 0.224 e. The molecular formula is C19H30N2O2. The number of amides is 1. The third kappa shape index (κ3) is 7.14. The van der Waals surface area contributed by atoms with Crippen LogP contribution in [-0.2, 0) is 22.4 Å². The average Bonchev–Trinajstić information content (AvgIpc) is 2.54. The predicted molar refractivity (Wildman–Crippen MR) is 93.6 cm³/mol. The molecule has 0 spiro atoms. The van der Waals surface area contributed by atoms with Gasteiger partial charge in [-0.15, -0.1) is 0 Å². The van der Waals surface area contributed by atoms with Crippen LogP contribution < -0.4 is 5.32 Å². The van der Waals surface area contributed by atoms with Crippen LogP contribution in [0, 0.1) is 5.92 Å². The monoisotopic (exact) mass is 318 g/mol. The highest BCUT2D eigenvalue weighted by molar-refractivity contribution is 5.78. The van der Waals surface area contributed by atoms with E-state index in [1.54, 1.807) is 0 Å². The molecule has 0 bridgehead atoms. The van der Waals surface area contributed by atoms with Crippen LogP contribution in [0.15, 0.2) is 24.3 Å². The second-order valence-corrected chi connectivity index (χ2v) is 6.75. The summed E-state index contributed by atoms with van der Waals surface area (Å²) < 4.78 is 5.33. The molecular weight excluding hydrogens is 288 g/mol. The highest BCUT2D eigenvalue weighted by atomic mass is 16.5. The predicted octanol–water partition coefficient (Wildman–Crippen LogP) is 2.27. The quantitative estimate of drug-likeness (QED) is 0.748. The molecule has 1 fully saturated rings. The van der Waals surface area contributed by atoms with E-state index in [1.807, 2.05) is 0 Å². The van der Waals surface area contributed by atoms with E-state index in [4.69, 9.17) is 4.74 Å². The van der Waals surface area contributed by atoms with Gasteiger partial charge in [0.25, 0.3) is 0 Å². The van der Waals surface area contributed by atoms with Gasteiger partial charge in [-0.25, -0.2) is 0 Å². The van der Waals surface area contributed by atoms with Gasteiger partial charge >= 0.3 is 0 Å². The third-order valence-electron chi connectivity index (χ3n) is 4.11. The lowest BCUT2D eigenvalue weighted by atomic mass is 10.0. The molecule has 0 atom stereocenters. The summed E-state index contributed by atoms with van der Waals surface area (Å²) in [4.78, 5) is 14.4. The van der Waals surface area contributed by atoms with Gasteiger partial charge in [-0.1, -0.05) is 38.1 Å². The molecule has 0 radical (unpaired) electrons. The van der Waals surface area contributed by atoms with Crippen molar-refractivity contribution >= 4 is 5.91 Å². The van der Waals surface area contributed by atoms with E-state index < -0.39 is 0 Å². The Morgan fingerprint density at radius 3 is 2.48 bits per heavy atom. The zero-order valence-corrected chi connectivity index (χ0v) is 14.5. The van der Waals surface area contributed by atoms with Gasteiger partial charge in [-0.2, -0.15) is 0 Å². The Labute approximate surface area is 140 Å². The van der Waals surface area contributed by atoms with Crippen molar-refractivity contribution in [2.24, 2.45) is 5.92 Å². The molecule has 1 amide bonds. The van der Waals surface area contributed by atoms with Gasteiger partial charge in [0.05, 0.1) is 19.6 Å². The van der Waals surface area contributed by atoms with Crippen molar-refractivity contribution < 1.29 is 9.53 Å². The minimum Gasteiger partial charge on any atom is -0.379 e. The molecule has 1 heterocycles. The largest absolute Gasteiger partial charge is 0.379 e. The Morgan fingerprint density at radius 1 is 1.17 bits per heavy atom. The molecule has 2 rings (SSSR count). The maximum absolute atomic E-state index is 12.0. The molecule has 0 unspecified atom stereocenters. The first-order chi connectivity index (χ1) is 11.1. The molecule has 0 aromatic heterocycles. The Bertz CT molecular complexity index is 465. The number of nitrogens with one attached hydrogen (secondary N) is 1. The van der Waals surface area contributed by atoms with E-state index in [1.165, 1.54) is 5.56 Å². The van der Waals surface area contributed by atoms with Gasteiger partial charge in [-0.3, -0.25) is 9.69 Å². The van der Waals surface area contributed by atoms with Gasteiger partial charge in [-0.05, 0) is 36.4 Å². The smallest absolute Gasteiger partial charge is 0.224 e. The second-order valence-electron chi connectivity index (χ2n) is 6.75. The van der Waals surface area contributed by atoms with Crippen LogP contribution in [0.1, 0.15) is 31.4 Å². The number of morpholine rings is 1. The number of hydrogen-bond acceptors (Lipinski definition) is 3. The van der Waals surface area contributed by atoms with Crippen LogP contribution in [0.25, 0.3) is 0 Å². The van der Waals surface area contributed by atoms with Gasteiger partial charge < -0.3 is 10.1 Å². The van der Waals surface area contributed by atoms with Crippen molar-refractivity contribution in [3.63, 3.8) is 0 Å². The summed E-state index contributed by atoms with van der Waals surface area (Å²) in [5.41, 5.74) is 2.43. The van der Waals surface area contributed by atoms with Crippen LogP contribution in [0.3, 0.4) is 0 Å². The molecule has 0 saturated carbocycles. The van der Waals surface area contributed by atoms with Crippen molar-refractivity contribution in [3.05, 3.63) is 35.4 Å². The lowest BCUT2D eigenvalue weighted by molar-refractivity contribution is -0.120. The Balaban J connectivity index is 1.62. The van der Waals surface area contributed by atoms with E-state index in [9.17, 15) is 4.79 Å². The number of hydrogen-bond donors (Lipinski definition) is 1. The van der Waals surface area contributed by atoms with Crippen molar-refractivity contribution in [2.45, 2.75) is 33.1 Å². The lowest BCUT2D eigenvalue weighted by Gasteiger charge is -2.26. The summed E-state index contributed by atoms with van der Waals surface area (Å²) in [5.74, 6) is 0.777. The van der Waals surface area contributed by atoms with E-state index in [-0.39, 0.29) is 5.91 Å². The summed E-state index contributed by atoms with van der Waals surface area (Å²) in [7, 11) is 0. The highest BCUT2D eigenvalue weighted by Crippen LogP contribution is 2.10. The number of carbonyl (C=O) groups excluding carboxylic acids is 1. The summed E-state index contributed by atoms with van der Waals surface area (Å²) in [5, 5.41) is 3.02. The minimum absolute atomic E-state index is 0.114. The molecule has 128 valence electrons. The maximum atomic E-state index is 12.0. The highest BCUT2D eigenvalue weighted by Gasteiger charge is 2.09. The normalized spacial score (nSPS) is 15.8. The first kappa shape index (κ1) is 18.0. The van der Waals surface area contributed by atoms with Crippen LogP contribution in [-0.4, -0.2) is 50.2 Å². The fourth-order valence-corrected chi connectivity index (χ4v) is 2.87. The summed E-state index contributed by atoms with van der Waals surface area (Å²) >= 11 is 0. The lowest BCUT2D eigenvalue weighted by Crippen LogP contribution is -2.38. The second kappa shape index (κ2) is 9.68. The molecule has 1 saturated heterocycles. The number of ether oxygens (including phenoxy) is 1. The molecule has 4 nitrogen and oxygen atoms in total. The van der Waals surface area contributed by atoms with Crippen LogP contribution >= 0.6 is 0 Å². The van der Waals surface area contributed by atoms with Gasteiger partial charge in [0, 0.05) is 19.6 Å². The van der Waals surface area contributed by atoms with Crippen LogP contribution in [0.4, 0.5) is 0 Å². The van der Waals surface area contributed by atoms with Gasteiger partial charge in [0.15, 0.2) is 0 Å². The summed E-state index contributed by atoms with van der Waals surface area (Å²) in [6, 6.07) is 8.43. The minimum atomic E-state index is 0.114. The number of benzene rings is 1. The van der Waals surface area contributed by atoms with Crippen molar-refractivity contribution in [1.82, 2.24) is 10.2 Å². The Hall–Kier alpha value is -1.39. The van der Waals surface area contributed by atoms with E-state index in [2.05, 4.69) is 48.3 Å². The molecule has 0 aliphatic carbocycles. The third-order valence-corrected chi connectivity index (χ3v) is 4.11. The van der Waals surface area contributed by atoms with Crippen molar-refractivity contribution in [2.75, 3.05) is 39.4 Å². The molecule has 4 heteroatoms. The van der Waals surface area contributed by atoms with Crippen molar-refractivity contribution in [3.8, 4) is 0 Å². The SMILES string of the molecule is CC(C)Cc1ccc(CC(=O)NCCCN2CCOCC2)cc1. The number of carbonyl (C=O) groups is 1. The summed E-state index contributed by atoms with van der Waals surface area (Å²) in [6.45, 7) is 9.91. The number of rotatable bonds is 8. The molecule has 1 aromatic rings. The topological polar surface area (TPSA) is 41.6 Å². The molecule has 1 aromatic carbocycles. The fourth-order valence-electron chi connectivity index (χ4n) is 2.87. The van der Waals surface area contributed by atoms with E-state index >= 15 is 0 Å².